The van der Waals surface area contributed by atoms with E-state index in [9.17, 15) is 4.79 Å². The number of rotatable bonds is 10. The van der Waals surface area contributed by atoms with Gasteiger partial charge in [-0.3, -0.25) is 4.79 Å². The van der Waals surface area contributed by atoms with E-state index in [0.717, 1.165) is 18.4 Å². The lowest BCUT2D eigenvalue weighted by Crippen LogP contribution is -2.22. The van der Waals surface area contributed by atoms with Crippen molar-refractivity contribution in [2.24, 2.45) is 5.92 Å². The predicted octanol–water partition coefficient (Wildman–Crippen LogP) is 4.37. The normalized spacial score (nSPS) is 14.2. The molecule has 0 aromatic rings. The van der Waals surface area contributed by atoms with Crippen molar-refractivity contribution >= 4 is 5.91 Å². The maximum Gasteiger partial charge on any atom is 0.248 e. The quantitative estimate of drug-likeness (QED) is 0.480. The summed E-state index contributed by atoms with van der Waals surface area (Å²) in [6, 6.07) is 0. The fourth-order valence-corrected chi connectivity index (χ4v) is 1.98. The first kappa shape index (κ1) is 19.7. The number of allylic oxidation sites excluding steroid dienone is 3. The van der Waals surface area contributed by atoms with Crippen LogP contribution in [0.15, 0.2) is 36.6 Å². The van der Waals surface area contributed by atoms with Crippen LogP contribution < -0.4 is 5.32 Å². The highest BCUT2D eigenvalue weighted by Gasteiger charge is 2.15. The van der Waals surface area contributed by atoms with Crippen LogP contribution in [0.25, 0.3) is 0 Å². The summed E-state index contributed by atoms with van der Waals surface area (Å²) in [6.07, 6.45) is 11.6. The molecule has 0 rings (SSSR count). The molecule has 3 heteroatoms. The number of ether oxygens (including phenoxy) is 1. The zero-order chi connectivity index (χ0) is 16.3. The highest BCUT2D eigenvalue weighted by Crippen LogP contribution is 2.20. The molecule has 0 saturated carbocycles. The van der Waals surface area contributed by atoms with E-state index in [1.807, 2.05) is 13.0 Å². The SMILES string of the molecule is C=CNC(=O)C=C(C)C=CCC(C)CCCC(C)(C)OC. The smallest absolute Gasteiger partial charge is 0.248 e. The molecule has 0 radical (unpaired) electrons. The monoisotopic (exact) mass is 293 g/mol. The molecule has 0 aromatic heterocycles. The van der Waals surface area contributed by atoms with Crippen LogP contribution in [0.1, 0.15) is 53.4 Å². The van der Waals surface area contributed by atoms with Crippen molar-refractivity contribution < 1.29 is 9.53 Å². The van der Waals surface area contributed by atoms with Gasteiger partial charge in [0.2, 0.25) is 5.91 Å². The molecule has 21 heavy (non-hydrogen) atoms. The average molecular weight is 293 g/mol. The second-order valence-electron chi connectivity index (χ2n) is 6.20. The van der Waals surface area contributed by atoms with Gasteiger partial charge >= 0.3 is 0 Å². The Kier molecular flexibility index (Phi) is 9.72. The molecule has 1 N–H and O–H groups in total. The molecule has 1 amide bonds. The van der Waals surface area contributed by atoms with E-state index in [0.29, 0.717) is 5.92 Å². The molecule has 0 aliphatic carbocycles. The first-order valence-corrected chi connectivity index (χ1v) is 7.62. The van der Waals surface area contributed by atoms with E-state index in [2.05, 4.69) is 38.7 Å². The van der Waals surface area contributed by atoms with Crippen LogP contribution in [-0.4, -0.2) is 18.6 Å². The van der Waals surface area contributed by atoms with Crippen molar-refractivity contribution in [3.63, 3.8) is 0 Å². The number of carbonyl (C=O) groups excluding carboxylic acids is 1. The van der Waals surface area contributed by atoms with Crippen LogP contribution in [0.4, 0.5) is 0 Å². The number of nitrogens with one attached hydrogen (secondary N) is 1. The fraction of sp³-hybridized carbons (Fsp3) is 0.611. The van der Waals surface area contributed by atoms with Gasteiger partial charge in [-0.15, -0.1) is 0 Å². The van der Waals surface area contributed by atoms with Crippen molar-refractivity contribution in [2.45, 2.75) is 59.0 Å². The highest BCUT2D eigenvalue weighted by molar-refractivity contribution is 5.89. The minimum absolute atomic E-state index is 0.0204. The lowest BCUT2D eigenvalue weighted by atomic mass is 9.95. The topological polar surface area (TPSA) is 38.3 Å². The van der Waals surface area contributed by atoms with Crippen LogP contribution in [0.5, 0.6) is 0 Å². The third-order valence-electron chi connectivity index (χ3n) is 3.55. The van der Waals surface area contributed by atoms with E-state index < -0.39 is 0 Å². The number of hydrogen-bond donors (Lipinski definition) is 1. The van der Waals surface area contributed by atoms with E-state index in [-0.39, 0.29) is 11.5 Å². The van der Waals surface area contributed by atoms with Crippen molar-refractivity contribution in [3.05, 3.63) is 36.6 Å². The van der Waals surface area contributed by atoms with Gasteiger partial charge in [0.1, 0.15) is 0 Å². The Hall–Kier alpha value is -1.35. The molecule has 1 unspecified atom stereocenters. The third kappa shape index (κ3) is 11.0. The summed E-state index contributed by atoms with van der Waals surface area (Å²) in [7, 11) is 1.77. The molecule has 0 aliphatic rings. The summed E-state index contributed by atoms with van der Waals surface area (Å²) in [4.78, 5) is 11.3. The minimum Gasteiger partial charge on any atom is -0.379 e. The van der Waals surface area contributed by atoms with Crippen molar-refractivity contribution in [2.75, 3.05) is 7.11 Å². The van der Waals surface area contributed by atoms with E-state index in [1.165, 1.54) is 19.0 Å². The molecule has 0 fully saturated rings. The van der Waals surface area contributed by atoms with Crippen molar-refractivity contribution in [1.29, 1.82) is 0 Å². The zero-order valence-corrected chi connectivity index (χ0v) is 14.2. The average Bonchev–Trinajstić information content (AvgIpc) is 2.38. The molecular weight excluding hydrogens is 262 g/mol. The van der Waals surface area contributed by atoms with Gasteiger partial charge in [0.25, 0.3) is 0 Å². The first-order valence-electron chi connectivity index (χ1n) is 7.62. The van der Waals surface area contributed by atoms with E-state index in [4.69, 9.17) is 4.74 Å². The molecule has 0 saturated heterocycles. The molecule has 0 aromatic carbocycles. The Morgan fingerprint density at radius 2 is 2.10 bits per heavy atom. The van der Waals surface area contributed by atoms with Crippen LogP contribution in [-0.2, 0) is 9.53 Å². The fourth-order valence-electron chi connectivity index (χ4n) is 1.98. The zero-order valence-electron chi connectivity index (χ0n) is 14.2. The second kappa shape index (κ2) is 10.4. The van der Waals surface area contributed by atoms with Gasteiger partial charge in [-0.05, 0) is 51.3 Å². The summed E-state index contributed by atoms with van der Waals surface area (Å²) in [6.45, 7) is 11.9. The number of amides is 1. The van der Waals surface area contributed by atoms with Gasteiger partial charge in [0, 0.05) is 13.2 Å². The molecule has 120 valence electrons. The van der Waals surface area contributed by atoms with E-state index >= 15 is 0 Å². The highest BCUT2D eigenvalue weighted by atomic mass is 16.5. The Morgan fingerprint density at radius 3 is 2.67 bits per heavy atom. The van der Waals surface area contributed by atoms with Gasteiger partial charge in [-0.25, -0.2) is 0 Å². The standard InChI is InChI=1S/C18H31NO2/c1-7-19-17(20)14-16(3)11-8-10-15(2)12-9-13-18(4,5)21-6/h7-8,11,14-15H,1,9-10,12-13H2,2-6H3,(H,19,20). The van der Waals surface area contributed by atoms with Crippen LogP contribution in [0.3, 0.4) is 0 Å². The summed E-state index contributed by atoms with van der Waals surface area (Å²) in [5.41, 5.74) is 0.926. The van der Waals surface area contributed by atoms with Gasteiger partial charge < -0.3 is 10.1 Å². The maximum absolute atomic E-state index is 11.3. The first-order chi connectivity index (χ1) is 9.80. The molecule has 3 nitrogen and oxygen atoms in total. The molecular formula is C18H31NO2. The Bertz CT molecular complexity index is 381. The molecule has 0 spiro atoms. The summed E-state index contributed by atoms with van der Waals surface area (Å²) in [5.74, 6) is 0.505. The van der Waals surface area contributed by atoms with Crippen molar-refractivity contribution in [3.8, 4) is 0 Å². The Balaban J connectivity index is 4.02. The van der Waals surface area contributed by atoms with Gasteiger partial charge in [-0.2, -0.15) is 0 Å². The molecule has 0 bridgehead atoms. The number of hydrogen-bond acceptors (Lipinski definition) is 2. The van der Waals surface area contributed by atoms with Crippen LogP contribution in [0, 0.1) is 5.92 Å². The molecule has 1 atom stereocenters. The van der Waals surface area contributed by atoms with E-state index in [1.54, 1.807) is 13.2 Å². The van der Waals surface area contributed by atoms with Gasteiger partial charge in [-0.1, -0.05) is 38.5 Å². The van der Waals surface area contributed by atoms with Gasteiger partial charge in [0.05, 0.1) is 5.60 Å². The second-order valence-corrected chi connectivity index (χ2v) is 6.20. The third-order valence-corrected chi connectivity index (χ3v) is 3.55. The predicted molar refractivity (Wildman–Crippen MR) is 90.0 cm³/mol. The Morgan fingerprint density at radius 1 is 1.43 bits per heavy atom. The maximum atomic E-state index is 11.3. The lowest BCUT2D eigenvalue weighted by Gasteiger charge is -2.23. The minimum atomic E-state index is -0.137. The number of carbonyl (C=O) groups is 1. The van der Waals surface area contributed by atoms with Crippen LogP contribution >= 0.6 is 0 Å². The lowest BCUT2D eigenvalue weighted by molar-refractivity contribution is -0.115. The van der Waals surface area contributed by atoms with Crippen molar-refractivity contribution in [1.82, 2.24) is 5.32 Å². The summed E-state index contributed by atoms with van der Waals surface area (Å²) >= 11 is 0. The molecule has 0 heterocycles. The summed E-state index contributed by atoms with van der Waals surface area (Å²) < 4.78 is 5.42. The number of methoxy groups -OCH3 is 1. The largest absolute Gasteiger partial charge is 0.379 e. The summed E-state index contributed by atoms with van der Waals surface area (Å²) in [5, 5.41) is 2.53. The Labute approximate surface area is 130 Å². The van der Waals surface area contributed by atoms with Crippen LogP contribution in [0.2, 0.25) is 0 Å². The molecule has 0 aliphatic heterocycles. The van der Waals surface area contributed by atoms with Gasteiger partial charge in [0.15, 0.2) is 0 Å².